The van der Waals surface area contributed by atoms with E-state index >= 15 is 0 Å². The van der Waals surface area contributed by atoms with E-state index in [1.54, 1.807) is 48.7 Å². The van der Waals surface area contributed by atoms with E-state index in [4.69, 9.17) is 0 Å². The summed E-state index contributed by atoms with van der Waals surface area (Å²) < 4.78 is 0. The van der Waals surface area contributed by atoms with Gasteiger partial charge in [0.1, 0.15) is 23.8 Å². The van der Waals surface area contributed by atoms with Crippen LogP contribution in [0.1, 0.15) is 93.9 Å². The summed E-state index contributed by atoms with van der Waals surface area (Å²) in [5.74, 6) is -3.76. The number of hydrogen-bond acceptors (Lipinski definition) is 8. The fourth-order valence-electron chi connectivity index (χ4n) is 5.32. The highest BCUT2D eigenvalue weighted by atomic mass is 16.2. The molecule has 262 valence electrons. The Morgan fingerprint density at radius 2 is 1.41 bits per heavy atom. The zero-order chi connectivity index (χ0) is 35.1. The molecule has 13 nitrogen and oxygen atoms in total. The molecule has 4 unspecified atom stereocenters. The van der Waals surface area contributed by atoms with Crippen molar-refractivity contribution in [2.75, 3.05) is 27.2 Å². The first-order valence-electron chi connectivity index (χ1n) is 16.8. The van der Waals surface area contributed by atoms with E-state index in [2.05, 4.69) is 40.4 Å². The molecular formula is C33H59N7O6. The second-order valence-electron chi connectivity index (χ2n) is 12.7. The molecular weight excluding hydrogens is 590 g/mol. The maximum Gasteiger partial charge on any atom is 0.289 e. The number of likely N-dealkylation sites (tertiary alicyclic amines) is 1. The lowest BCUT2D eigenvalue weighted by molar-refractivity contribution is -0.151. The summed E-state index contributed by atoms with van der Waals surface area (Å²) in [5, 5.41) is 13.8. The van der Waals surface area contributed by atoms with Crippen molar-refractivity contribution >= 4 is 35.3 Å². The van der Waals surface area contributed by atoms with E-state index in [9.17, 15) is 28.8 Å². The molecule has 2 aliphatic rings. The van der Waals surface area contributed by atoms with Crippen molar-refractivity contribution in [3.05, 3.63) is 11.9 Å². The maximum absolute atomic E-state index is 13.9. The number of amides is 5. The second kappa shape index (κ2) is 19.8. The average Bonchev–Trinajstić information content (AvgIpc) is 3.48. The number of nitrogens with zero attached hydrogens (tertiary/aromatic N) is 2. The molecule has 1 aliphatic heterocycles. The lowest BCUT2D eigenvalue weighted by atomic mass is 9.93. The predicted octanol–water partition coefficient (Wildman–Crippen LogP) is 1.43. The van der Waals surface area contributed by atoms with Gasteiger partial charge in [-0.15, -0.1) is 0 Å². The van der Waals surface area contributed by atoms with E-state index in [-0.39, 0.29) is 30.1 Å². The minimum Gasteiger partial charge on any atom is -0.392 e. The Bertz CT molecular complexity index is 1090. The molecule has 2 rings (SSSR count). The fourth-order valence-corrected chi connectivity index (χ4v) is 5.32. The van der Waals surface area contributed by atoms with Crippen molar-refractivity contribution in [1.82, 2.24) is 36.4 Å². The molecule has 4 atom stereocenters. The Morgan fingerprint density at radius 3 is 1.87 bits per heavy atom. The summed E-state index contributed by atoms with van der Waals surface area (Å²) in [6.07, 6.45) is 6.40. The summed E-state index contributed by atoms with van der Waals surface area (Å²) in [7, 11) is 3.24. The first-order valence-corrected chi connectivity index (χ1v) is 16.8. The van der Waals surface area contributed by atoms with Gasteiger partial charge in [-0.05, 0) is 57.8 Å². The number of Topliss-reactive ketones (excluding diaryl/α,β-unsaturated/α-hetero) is 1. The zero-order valence-electron chi connectivity index (χ0n) is 29.6. The standard InChI is InChI=1S/C30H51N7O6.C3H8/c1-9-36(19(6)25(38)28(41)33-20-12-10-13-20)29(42)22-14-11-15-37(22)30(43)24(18(4)5)35-27(40)23(17(2)3)34-26(39)21(32-8)16-31-7;1-3-2/h16-20,22-24,31-32H,9-15H2,1-8H3,(H,33,41)(H,34,39)(H,35,40);3H2,1-2H3/b21-16-;. The molecule has 0 aromatic heterocycles. The fraction of sp³-hybridized carbons (Fsp3) is 0.758. The van der Waals surface area contributed by atoms with Crippen LogP contribution >= 0.6 is 0 Å². The second-order valence-corrected chi connectivity index (χ2v) is 12.7. The molecule has 1 saturated carbocycles. The Kier molecular flexibility index (Phi) is 17.4. The van der Waals surface area contributed by atoms with Crippen LogP contribution in [-0.2, 0) is 28.8 Å². The lowest BCUT2D eigenvalue weighted by Crippen LogP contribution is -2.60. The summed E-state index contributed by atoms with van der Waals surface area (Å²) in [4.78, 5) is 82.0. The molecule has 5 N–H and O–H groups in total. The highest BCUT2D eigenvalue weighted by molar-refractivity contribution is 6.38. The van der Waals surface area contributed by atoms with Crippen molar-refractivity contribution in [3.8, 4) is 0 Å². The number of hydrogen-bond donors (Lipinski definition) is 5. The molecule has 2 fully saturated rings. The zero-order valence-corrected chi connectivity index (χ0v) is 29.6. The topological polar surface area (TPSA) is 169 Å². The van der Waals surface area contributed by atoms with E-state index in [0.29, 0.717) is 19.4 Å². The molecule has 0 spiro atoms. The smallest absolute Gasteiger partial charge is 0.289 e. The monoisotopic (exact) mass is 649 g/mol. The molecule has 46 heavy (non-hydrogen) atoms. The van der Waals surface area contributed by atoms with Gasteiger partial charge in [-0.3, -0.25) is 28.8 Å². The Labute approximate surface area is 275 Å². The molecule has 1 saturated heterocycles. The van der Waals surface area contributed by atoms with Gasteiger partial charge in [-0.1, -0.05) is 48.0 Å². The van der Waals surface area contributed by atoms with E-state index in [1.807, 2.05) is 0 Å². The quantitative estimate of drug-likeness (QED) is 0.131. The van der Waals surface area contributed by atoms with Crippen LogP contribution in [0.4, 0.5) is 0 Å². The molecule has 0 bridgehead atoms. The van der Waals surface area contributed by atoms with Crippen LogP contribution in [0.25, 0.3) is 0 Å². The van der Waals surface area contributed by atoms with Crippen LogP contribution in [0.2, 0.25) is 0 Å². The first-order chi connectivity index (χ1) is 21.7. The van der Waals surface area contributed by atoms with Gasteiger partial charge in [0.25, 0.3) is 11.8 Å². The van der Waals surface area contributed by atoms with Crippen LogP contribution in [0.5, 0.6) is 0 Å². The van der Waals surface area contributed by atoms with Gasteiger partial charge in [-0.2, -0.15) is 0 Å². The van der Waals surface area contributed by atoms with Gasteiger partial charge in [0, 0.05) is 39.4 Å². The Balaban J connectivity index is 0.00000338. The largest absolute Gasteiger partial charge is 0.392 e. The van der Waals surface area contributed by atoms with Gasteiger partial charge in [-0.25, -0.2) is 0 Å². The molecule has 13 heteroatoms. The number of rotatable bonds is 15. The number of likely N-dealkylation sites (N-methyl/N-ethyl adjacent to an activating group) is 2. The molecule has 1 aliphatic carbocycles. The summed E-state index contributed by atoms with van der Waals surface area (Å²) in [6, 6.07) is -3.66. The van der Waals surface area contributed by atoms with Crippen molar-refractivity contribution in [2.45, 2.75) is 124 Å². The van der Waals surface area contributed by atoms with Crippen molar-refractivity contribution in [2.24, 2.45) is 11.8 Å². The number of nitrogens with one attached hydrogen (secondary N) is 5. The minimum atomic E-state index is -0.981. The van der Waals surface area contributed by atoms with Crippen LogP contribution in [0.15, 0.2) is 11.9 Å². The Hall–Kier alpha value is -3.64. The van der Waals surface area contributed by atoms with Crippen molar-refractivity contribution in [1.29, 1.82) is 0 Å². The van der Waals surface area contributed by atoms with E-state index in [1.165, 1.54) is 29.3 Å². The van der Waals surface area contributed by atoms with Gasteiger partial charge in [0.15, 0.2) is 0 Å². The third-order valence-electron chi connectivity index (χ3n) is 8.22. The molecule has 0 aromatic carbocycles. The first kappa shape index (κ1) is 40.4. The SMILES string of the molecule is CCC.CCN(C(=O)C1CCCN1C(=O)C(NC(=O)C(NC(=O)/C(=C/NC)NC)C(C)C)C(C)C)C(C)C(=O)C(=O)NC1CCC1. The molecule has 0 aromatic rings. The van der Waals surface area contributed by atoms with Crippen LogP contribution in [0, 0.1) is 11.8 Å². The van der Waals surface area contributed by atoms with Crippen molar-refractivity contribution in [3.63, 3.8) is 0 Å². The van der Waals surface area contributed by atoms with Gasteiger partial charge in [0.2, 0.25) is 23.5 Å². The van der Waals surface area contributed by atoms with Gasteiger partial charge >= 0.3 is 0 Å². The summed E-state index contributed by atoms with van der Waals surface area (Å²) in [5.41, 5.74) is 0.240. The summed E-state index contributed by atoms with van der Waals surface area (Å²) >= 11 is 0. The Morgan fingerprint density at radius 1 is 0.826 bits per heavy atom. The van der Waals surface area contributed by atoms with Crippen molar-refractivity contribution < 1.29 is 28.8 Å². The number of ketones is 1. The van der Waals surface area contributed by atoms with Crippen LogP contribution < -0.4 is 26.6 Å². The van der Waals surface area contributed by atoms with Gasteiger partial charge < -0.3 is 36.4 Å². The third-order valence-corrected chi connectivity index (χ3v) is 8.22. The average molecular weight is 650 g/mol. The molecule has 5 amide bonds. The highest BCUT2D eigenvalue weighted by Crippen LogP contribution is 2.24. The van der Waals surface area contributed by atoms with E-state index in [0.717, 1.165) is 19.3 Å². The minimum absolute atomic E-state index is 0.000611. The predicted molar refractivity (Wildman–Crippen MR) is 178 cm³/mol. The van der Waals surface area contributed by atoms with Gasteiger partial charge in [0.05, 0.1) is 6.04 Å². The number of carbonyl (C=O) groups is 6. The summed E-state index contributed by atoms with van der Waals surface area (Å²) in [6.45, 7) is 15.2. The lowest BCUT2D eigenvalue weighted by Gasteiger charge is -2.35. The third kappa shape index (κ3) is 11.0. The number of carbonyl (C=O) groups excluding carboxylic acids is 6. The molecule has 1 heterocycles. The van der Waals surface area contributed by atoms with E-state index < -0.39 is 59.5 Å². The van der Waals surface area contributed by atoms with Crippen LogP contribution in [-0.4, -0.2) is 103 Å². The van der Waals surface area contributed by atoms with Crippen LogP contribution in [0.3, 0.4) is 0 Å². The molecule has 0 radical (unpaired) electrons. The normalized spacial score (nSPS) is 18.3. The maximum atomic E-state index is 13.9. The highest BCUT2D eigenvalue weighted by Gasteiger charge is 2.43.